The number of fused-ring (bicyclic) bond motifs is 1. The van der Waals surface area contributed by atoms with Crippen LogP contribution >= 0.6 is 0 Å². The number of alkyl carbamates (subject to hydrolysis) is 1. The maximum atomic E-state index is 12.0. The number of carbonyl (C=O) groups is 2. The third-order valence-electron chi connectivity index (χ3n) is 4.23. The highest BCUT2D eigenvalue weighted by Crippen LogP contribution is 2.25. The highest BCUT2D eigenvalue weighted by atomic mass is 16.5. The summed E-state index contributed by atoms with van der Waals surface area (Å²) >= 11 is 0. The van der Waals surface area contributed by atoms with Gasteiger partial charge in [0.1, 0.15) is 6.61 Å². The van der Waals surface area contributed by atoms with Crippen LogP contribution in [0, 0.1) is 0 Å². The van der Waals surface area contributed by atoms with E-state index in [1.165, 1.54) is 4.90 Å². The van der Waals surface area contributed by atoms with Gasteiger partial charge in [-0.2, -0.15) is 5.10 Å². The molecule has 2 N–H and O–H groups in total. The summed E-state index contributed by atoms with van der Waals surface area (Å²) in [5.41, 5.74) is 2.30. The van der Waals surface area contributed by atoms with Crippen LogP contribution in [0.25, 0.3) is 0 Å². The van der Waals surface area contributed by atoms with Gasteiger partial charge in [0, 0.05) is 13.6 Å². The molecule has 8 heteroatoms. The second kappa shape index (κ2) is 7.25. The zero-order valence-corrected chi connectivity index (χ0v) is 13.9. The first-order chi connectivity index (χ1) is 12.0. The van der Waals surface area contributed by atoms with Crippen LogP contribution in [-0.4, -0.2) is 39.7 Å². The van der Waals surface area contributed by atoms with Gasteiger partial charge in [0.2, 0.25) is 0 Å². The van der Waals surface area contributed by atoms with Crippen molar-refractivity contribution < 1.29 is 19.4 Å². The van der Waals surface area contributed by atoms with E-state index in [0.717, 1.165) is 11.3 Å². The Bertz CT molecular complexity index is 759. The number of hydrogen-bond donors (Lipinski definition) is 2. The summed E-state index contributed by atoms with van der Waals surface area (Å²) in [6.07, 6.45) is 1.15. The summed E-state index contributed by atoms with van der Waals surface area (Å²) in [5.74, 6) is 0. The highest BCUT2D eigenvalue weighted by molar-refractivity contribution is 5.87. The van der Waals surface area contributed by atoms with Crippen LogP contribution in [0.1, 0.15) is 17.7 Å². The molecule has 1 aliphatic rings. The standard InChI is InChI=1S/C17H20N4O4/c1-20-14-8-7-13(10-21(17(23)24)15(14)9-18-20)19-16(22)25-11-12-5-3-2-4-6-12/h2-6,9,13H,7-8,10-11H2,1H3,(H,19,22)(H,23,24). The monoisotopic (exact) mass is 344 g/mol. The minimum atomic E-state index is -1.07. The Hall–Kier alpha value is -3.03. The van der Waals surface area contributed by atoms with Crippen LogP contribution in [0.4, 0.5) is 15.3 Å². The molecular formula is C17H20N4O4. The molecule has 0 aliphatic carbocycles. The van der Waals surface area contributed by atoms with Gasteiger partial charge in [0.15, 0.2) is 0 Å². The van der Waals surface area contributed by atoms with E-state index >= 15 is 0 Å². The molecule has 1 aliphatic heterocycles. The van der Waals surface area contributed by atoms with Crippen molar-refractivity contribution in [2.75, 3.05) is 11.4 Å². The van der Waals surface area contributed by atoms with Crippen LogP contribution in [0.15, 0.2) is 36.5 Å². The Balaban J connectivity index is 1.61. The van der Waals surface area contributed by atoms with E-state index < -0.39 is 12.2 Å². The molecule has 8 nitrogen and oxygen atoms in total. The Kier molecular flexibility index (Phi) is 4.87. The lowest BCUT2D eigenvalue weighted by molar-refractivity contribution is 0.135. The fourth-order valence-electron chi connectivity index (χ4n) is 2.92. The summed E-state index contributed by atoms with van der Waals surface area (Å²) < 4.78 is 6.88. The van der Waals surface area contributed by atoms with Gasteiger partial charge >= 0.3 is 12.2 Å². The smallest absolute Gasteiger partial charge is 0.411 e. The number of carbonyl (C=O) groups excluding carboxylic acids is 1. The summed E-state index contributed by atoms with van der Waals surface area (Å²) in [5, 5.41) is 16.4. The second-order valence-corrected chi connectivity index (χ2v) is 5.93. The van der Waals surface area contributed by atoms with Gasteiger partial charge in [-0.05, 0) is 18.4 Å². The topological polar surface area (TPSA) is 96.7 Å². The SMILES string of the molecule is Cn1ncc2c1CCC(NC(=O)OCc1ccccc1)CN2C(=O)O. The molecule has 3 rings (SSSR count). The Morgan fingerprint density at radius 2 is 2.12 bits per heavy atom. The Morgan fingerprint density at radius 3 is 2.84 bits per heavy atom. The van der Waals surface area contributed by atoms with Crippen LogP contribution in [0.2, 0.25) is 0 Å². The molecule has 1 aromatic carbocycles. The highest BCUT2D eigenvalue weighted by Gasteiger charge is 2.29. The number of hydrogen-bond acceptors (Lipinski definition) is 4. The molecule has 1 aromatic heterocycles. The number of anilines is 1. The molecule has 0 spiro atoms. The molecule has 1 atom stereocenters. The largest absolute Gasteiger partial charge is 0.465 e. The van der Waals surface area contributed by atoms with Crippen molar-refractivity contribution in [2.24, 2.45) is 7.05 Å². The van der Waals surface area contributed by atoms with Crippen molar-refractivity contribution >= 4 is 17.9 Å². The third kappa shape index (κ3) is 3.90. The molecule has 0 saturated carbocycles. The Morgan fingerprint density at radius 1 is 1.36 bits per heavy atom. The van der Waals surface area contributed by atoms with E-state index in [-0.39, 0.29) is 19.2 Å². The molecule has 132 valence electrons. The minimum absolute atomic E-state index is 0.161. The van der Waals surface area contributed by atoms with E-state index in [9.17, 15) is 14.7 Å². The molecule has 0 fully saturated rings. The van der Waals surface area contributed by atoms with Crippen molar-refractivity contribution in [1.82, 2.24) is 15.1 Å². The van der Waals surface area contributed by atoms with E-state index in [2.05, 4.69) is 10.4 Å². The van der Waals surface area contributed by atoms with Crippen molar-refractivity contribution in [3.8, 4) is 0 Å². The molecule has 0 radical (unpaired) electrons. The van der Waals surface area contributed by atoms with Crippen LogP contribution in [0.3, 0.4) is 0 Å². The number of benzene rings is 1. The van der Waals surface area contributed by atoms with Crippen LogP contribution in [0.5, 0.6) is 0 Å². The van der Waals surface area contributed by atoms with E-state index in [4.69, 9.17) is 4.74 Å². The number of aryl methyl sites for hydroxylation is 1. The molecule has 0 bridgehead atoms. The lowest BCUT2D eigenvalue weighted by atomic mass is 10.1. The second-order valence-electron chi connectivity index (χ2n) is 5.93. The molecular weight excluding hydrogens is 324 g/mol. The predicted octanol–water partition coefficient (Wildman–Crippen LogP) is 2.15. The van der Waals surface area contributed by atoms with Gasteiger partial charge < -0.3 is 15.2 Å². The number of nitrogens with one attached hydrogen (secondary N) is 1. The van der Waals surface area contributed by atoms with Crippen molar-refractivity contribution in [2.45, 2.75) is 25.5 Å². The van der Waals surface area contributed by atoms with E-state index in [1.54, 1.807) is 17.9 Å². The summed E-state index contributed by atoms with van der Waals surface area (Å²) in [6.45, 7) is 0.334. The number of nitrogens with zero attached hydrogens (tertiary/aromatic N) is 3. The number of ether oxygens (including phenoxy) is 1. The average Bonchev–Trinajstić information content (AvgIpc) is 2.85. The first-order valence-corrected chi connectivity index (χ1v) is 8.03. The van der Waals surface area contributed by atoms with Crippen molar-refractivity contribution in [1.29, 1.82) is 0 Å². The molecule has 2 aromatic rings. The average molecular weight is 344 g/mol. The minimum Gasteiger partial charge on any atom is -0.465 e. The van der Waals surface area contributed by atoms with E-state index in [1.807, 2.05) is 30.3 Å². The van der Waals surface area contributed by atoms with Gasteiger partial charge in [-0.25, -0.2) is 9.59 Å². The maximum Gasteiger partial charge on any atom is 0.411 e. The lowest BCUT2D eigenvalue weighted by Gasteiger charge is -2.22. The number of rotatable bonds is 3. The number of amides is 2. The first kappa shape index (κ1) is 16.8. The molecule has 1 unspecified atom stereocenters. The molecule has 25 heavy (non-hydrogen) atoms. The fourth-order valence-corrected chi connectivity index (χ4v) is 2.92. The summed E-state index contributed by atoms with van der Waals surface area (Å²) in [4.78, 5) is 24.8. The van der Waals surface area contributed by atoms with Gasteiger partial charge in [-0.3, -0.25) is 9.58 Å². The van der Waals surface area contributed by atoms with E-state index in [0.29, 0.717) is 18.5 Å². The van der Waals surface area contributed by atoms with Gasteiger partial charge in [-0.1, -0.05) is 30.3 Å². The molecule has 0 saturated heterocycles. The maximum absolute atomic E-state index is 12.0. The normalized spacial score (nSPS) is 16.7. The summed E-state index contributed by atoms with van der Waals surface area (Å²) in [6, 6.07) is 9.05. The predicted molar refractivity (Wildman–Crippen MR) is 90.5 cm³/mol. The van der Waals surface area contributed by atoms with Gasteiger partial charge in [0.05, 0.1) is 23.6 Å². The number of aromatic nitrogens is 2. The van der Waals surface area contributed by atoms with Gasteiger partial charge in [0.25, 0.3) is 0 Å². The molecule has 2 heterocycles. The van der Waals surface area contributed by atoms with Crippen LogP contribution in [-0.2, 0) is 24.8 Å². The quantitative estimate of drug-likeness (QED) is 0.889. The zero-order chi connectivity index (χ0) is 17.8. The first-order valence-electron chi connectivity index (χ1n) is 8.03. The Labute approximate surface area is 145 Å². The van der Waals surface area contributed by atoms with Crippen molar-refractivity contribution in [3.63, 3.8) is 0 Å². The summed E-state index contributed by atoms with van der Waals surface area (Å²) in [7, 11) is 1.78. The van der Waals surface area contributed by atoms with Crippen LogP contribution < -0.4 is 10.2 Å². The fraction of sp³-hybridized carbons (Fsp3) is 0.353. The number of carboxylic acid groups (broad SMARTS) is 1. The molecule has 2 amide bonds. The lowest BCUT2D eigenvalue weighted by Crippen LogP contribution is -2.45. The van der Waals surface area contributed by atoms with Gasteiger partial charge in [-0.15, -0.1) is 0 Å². The van der Waals surface area contributed by atoms with Crippen molar-refractivity contribution in [3.05, 3.63) is 47.8 Å². The zero-order valence-electron chi connectivity index (χ0n) is 13.9. The third-order valence-corrected chi connectivity index (χ3v) is 4.23.